The first-order valence-corrected chi connectivity index (χ1v) is 6.92. The van der Waals surface area contributed by atoms with E-state index in [1.54, 1.807) is 18.6 Å². The summed E-state index contributed by atoms with van der Waals surface area (Å²) in [4.78, 5) is 16.0. The van der Waals surface area contributed by atoms with E-state index >= 15 is 0 Å². The molecule has 6 nitrogen and oxygen atoms in total. The maximum absolute atomic E-state index is 11.9. The Morgan fingerprint density at radius 3 is 2.89 bits per heavy atom. The van der Waals surface area contributed by atoms with Gasteiger partial charge in [0.05, 0.1) is 6.20 Å². The third kappa shape index (κ3) is 3.31. The lowest BCUT2D eigenvalue weighted by Gasteiger charge is -2.03. The Kier molecular flexibility index (Phi) is 4.16. The fourth-order valence-electron chi connectivity index (χ4n) is 1.52. The molecule has 2 rings (SSSR count). The fourth-order valence-corrected chi connectivity index (χ4v) is 2.17. The predicted molar refractivity (Wildman–Crippen MR) is 75.4 cm³/mol. The Balaban J connectivity index is 1.92. The lowest BCUT2D eigenvalue weighted by molar-refractivity contribution is 0.0946. The molecular weight excluding hydrogens is 262 g/mol. The number of carbonyl (C=O) groups is 1. The van der Waals surface area contributed by atoms with Crippen molar-refractivity contribution in [3.63, 3.8) is 0 Å². The van der Waals surface area contributed by atoms with Gasteiger partial charge in [-0.3, -0.25) is 9.48 Å². The minimum atomic E-state index is -0.171. The highest BCUT2D eigenvalue weighted by atomic mass is 32.1. The van der Waals surface area contributed by atoms with Crippen molar-refractivity contribution >= 4 is 22.4 Å². The van der Waals surface area contributed by atoms with E-state index in [0.717, 1.165) is 10.7 Å². The average molecular weight is 279 g/mol. The highest BCUT2D eigenvalue weighted by Gasteiger charge is 2.10. The second-order valence-corrected chi connectivity index (χ2v) is 5.25. The van der Waals surface area contributed by atoms with E-state index in [9.17, 15) is 4.79 Å². The average Bonchev–Trinajstić information content (AvgIpc) is 3.04. The molecule has 0 radical (unpaired) electrons. The quantitative estimate of drug-likeness (QED) is 0.876. The molecule has 0 aliphatic carbocycles. The number of anilines is 1. The van der Waals surface area contributed by atoms with Crippen molar-refractivity contribution in [2.24, 2.45) is 0 Å². The zero-order valence-electron chi connectivity index (χ0n) is 11.2. The molecule has 2 N–H and O–H groups in total. The van der Waals surface area contributed by atoms with E-state index < -0.39 is 0 Å². The molecule has 0 bridgehead atoms. The van der Waals surface area contributed by atoms with Crippen molar-refractivity contribution < 1.29 is 4.79 Å². The van der Waals surface area contributed by atoms with Crippen LogP contribution < -0.4 is 10.6 Å². The molecule has 2 heterocycles. The number of rotatable bonds is 5. The van der Waals surface area contributed by atoms with Gasteiger partial charge in [0.15, 0.2) is 5.13 Å². The van der Waals surface area contributed by atoms with Crippen LogP contribution >= 0.6 is 11.3 Å². The third-order valence-corrected chi connectivity index (χ3v) is 3.45. The number of nitrogens with zero attached hydrogens (tertiary/aromatic N) is 3. The molecule has 1 amide bonds. The Morgan fingerprint density at radius 1 is 1.53 bits per heavy atom. The fraction of sp³-hybridized carbons (Fsp3) is 0.417. The van der Waals surface area contributed by atoms with Crippen molar-refractivity contribution in [3.8, 4) is 0 Å². The number of hydrogen-bond donors (Lipinski definition) is 2. The summed E-state index contributed by atoms with van der Waals surface area (Å²) in [7, 11) is 1.78. The van der Waals surface area contributed by atoms with Crippen LogP contribution in [0.2, 0.25) is 0 Å². The number of nitrogens with one attached hydrogen (secondary N) is 2. The van der Waals surface area contributed by atoms with Gasteiger partial charge in [0.25, 0.3) is 5.91 Å². The summed E-state index contributed by atoms with van der Waals surface area (Å²) >= 11 is 1.41. The van der Waals surface area contributed by atoms with Gasteiger partial charge in [0.1, 0.15) is 5.69 Å². The van der Waals surface area contributed by atoms with Crippen LogP contribution in [0.15, 0.2) is 17.8 Å². The molecule has 0 aliphatic heterocycles. The van der Waals surface area contributed by atoms with Crippen molar-refractivity contribution in [2.45, 2.75) is 26.4 Å². The highest BCUT2D eigenvalue weighted by Crippen LogP contribution is 2.14. The minimum Gasteiger partial charge on any atom is -0.365 e. The molecule has 0 fully saturated rings. The number of aromatic nitrogens is 3. The van der Waals surface area contributed by atoms with Gasteiger partial charge < -0.3 is 10.6 Å². The summed E-state index contributed by atoms with van der Waals surface area (Å²) in [6.45, 7) is 4.58. The van der Waals surface area contributed by atoms with Crippen molar-refractivity contribution in [1.29, 1.82) is 0 Å². The SMILES string of the molecule is CNc1nc(C(=O)NCc2cnn(C(C)C)c2)cs1. The largest absolute Gasteiger partial charge is 0.365 e. The molecule has 0 spiro atoms. The molecule has 0 unspecified atom stereocenters. The van der Waals surface area contributed by atoms with E-state index in [2.05, 4.69) is 34.6 Å². The van der Waals surface area contributed by atoms with E-state index in [0.29, 0.717) is 18.3 Å². The molecule has 0 saturated heterocycles. The van der Waals surface area contributed by atoms with E-state index in [4.69, 9.17) is 0 Å². The molecule has 2 aromatic rings. The maximum atomic E-state index is 11.9. The number of thiazole rings is 1. The van der Waals surface area contributed by atoms with Gasteiger partial charge in [0.2, 0.25) is 0 Å². The first kappa shape index (κ1) is 13.5. The summed E-state index contributed by atoms with van der Waals surface area (Å²) in [5.74, 6) is -0.171. The van der Waals surface area contributed by atoms with E-state index in [1.165, 1.54) is 11.3 Å². The van der Waals surface area contributed by atoms with E-state index in [-0.39, 0.29) is 5.91 Å². The van der Waals surface area contributed by atoms with Crippen LogP contribution in [0.25, 0.3) is 0 Å². The zero-order valence-corrected chi connectivity index (χ0v) is 12.0. The van der Waals surface area contributed by atoms with Crippen molar-refractivity contribution in [1.82, 2.24) is 20.1 Å². The summed E-state index contributed by atoms with van der Waals surface area (Å²) in [5, 5.41) is 12.4. The van der Waals surface area contributed by atoms with Gasteiger partial charge in [-0.05, 0) is 13.8 Å². The van der Waals surface area contributed by atoms with E-state index in [1.807, 2.05) is 10.9 Å². The smallest absolute Gasteiger partial charge is 0.271 e. The van der Waals surface area contributed by atoms with Crippen LogP contribution in [0.5, 0.6) is 0 Å². The van der Waals surface area contributed by atoms with Gasteiger partial charge in [-0.2, -0.15) is 5.10 Å². The summed E-state index contributed by atoms with van der Waals surface area (Å²) in [6.07, 6.45) is 3.70. The molecule has 2 aromatic heterocycles. The normalized spacial score (nSPS) is 10.7. The molecule has 0 aliphatic rings. The van der Waals surface area contributed by atoms with Crippen LogP contribution in [-0.2, 0) is 6.54 Å². The minimum absolute atomic E-state index is 0.171. The second kappa shape index (κ2) is 5.83. The Morgan fingerprint density at radius 2 is 2.32 bits per heavy atom. The Bertz CT molecular complexity index is 560. The second-order valence-electron chi connectivity index (χ2n) is 4.39. The first-order valence-electron chi connectivity index (χ1n) is 6.04. The van der Waals surface area contributed by atoms with Gasteiger partial charge in [-0.1, -0.05) is 0 Å². The molecule has 0 aromatic carbocycles. The molecule has 0 saturated carbocycles. The molecule has 7 heteroatoms. The third-order valence-electron chi connectivity index (χ3n) is 2.59. The van der Waals surface area contributed by atoms with Crippen LogP contribution in [0, 0.1) is 0 Å². The van der Waals surface area contributed by atoms with Crippen LogP contribution in [0.1, 0.15) is 35.9 Å². The Hall–Kier alpha value is -1.89. The van der Waals surface area contributed by atoms with Crippen LogP contribution in [0.4, 0.5) is 5.13 Å². The van der Waals surface area contributed by atoms with Crippen molar-refractivity contribution in [2.75, 3.05) is 12.4 Å². The monoisotopic (exact) mass is 279 g/mol. The molecule has 19 heavy (non-hydrogen) atoms. The number of hydrogen-bond acceptors (Lipinski definition) is 5. The summed E-state index contributed by atoms with van der Waals surface area (Å²) in [6, 6.07) is 0.321. The lowest BCUT2D eigenvalue weighted by atomic mass is 10.3. The van der Waals surface area contributed by atoms with Gasteiger partial charge >= 0.3 is 0 Å². The lowest BCUT2D eigenvalue weighted by Crippen LogP contribution is -2.22. The maximum Gasteiger partial charge on any atom is 0.271 e. The first-order chi connectivity index (χ1) is 9.10. The molecular formula is C12H17N5OS. The van der Waals surface area contributed by atoms with Gasteiger partial charge in [0, 0.05) is 36.8 Å². The van der Waals surface area contributed by atoms with Gasteiger partial charge in [-0.25, -0.2) is 4.98 Å². The summed E-state index contributed by atoms with van der Waals surface area (Å²) in [5.41, 5.74) is 1.41. The summed E-state index contributed by atoms with van der Waals surface area (Å²) < 4.78 is 1.86. The van der Waals surface area contributed by atoms with Crippen molar-refractivity contribution in [3.05, 3.63) is 29.0 Å². The van der Waals surface area contributed by atoms with Crippen LogP contribution in [0.3, 0.4) is 0 Å². The predicted octanol–water partition coefficient (Wildman–Crippen LogP) is 1.89. The zero-order chi connectivity index (χ0) is 13.8. The topological polar surface area (TPSA) is 71.8 Å². The van der Waals surface area contributed by atoms with Crippen LogP contribution in [-0.4, -0.2) is 27.7 Å². The standard InChI is InChI=1S/C12H17N5OS/c1-8(2)17-6-9(5-15-17)4-14-11(18)10-7-19-12(13-3)16-10/h5-8H,4H2,1-3H3,(H,13,16)(H,14,18). The Labute approximate surface area is 115 Å². The number of carbonyl (C=O) groups excluding carboxylic acids is 1. The van der Waals surface area contributed by atoms with Gasteiger partial charge in [-0.15, -0.1) is 11.3 Å². The molecule has 0 atom stereocenters. The highest BCUT2D eigenvalue weighted by molar-refractivity contribution is 7.13. The molecule has 102 valence electrons. The number of amides is 1.